The third-order valence-corrected chi connectivity index (χ3v) is 4.15. The summed E-state index contributed by atoms with van der Waals surface area (Å²) in [6.07, 6.45) is 8.55. The Hall–Kier alpha value is -2.79. The van der Waals surface area contributed by atoms with Gasteiger partial charge in [0.2, 0.25) is 10.0 Å². The molecule has 3 rings (SSSR count). The maximum atomic E-state index is 12.4. The van der Waals surface area contributed by atoms with Gasteiger partial charge in [-0.3, -0.25) is 14.5 Å². The predicted molar refractivity (Wildman–Crippen MR) is 99.7 cm³/mol. The molecule has 134 valence electrons. The van der Waals surface area contributed by atoms with Crippen LogP contribution in [0.5, 0.6) is 0 Å². The van der Waals surface area contributed by atoms with Crippen molar-refractivity contribution >= 4 is 43.2 Å². The monoisotopic (exact) mass is 436 g/mol. The Morgan fingerprint density at radius 3 is 2.62 bits per heavy atom. The molecule has 9 nitrogen and oxygen atoms in total. The zero-order valence-corrected chi connectivity index (χ0v) is 15.8. The van der Waals surface area contributed by atoms with Gasteiger partial charge in [0.05, 0.1) is 29.9 Å². The lowest BCUT2D eigenvalue weighted by Gasteiger charge is -2.09. The van der Waals surface area contributed by atoms with Crippen LogP contribution >= 0.6 is 15.9 Å². The Morgan fingerprint density at radius 1 is 1.15 bits per heavy atom. The Kier molecular flexibility index (Phi) is 5.00. The van der Waals surface area contributed by atoms with Crippen molar-refractivity contribution in [3.8, 4) is 5.82 Å². The highest BCUT2D eigenvalue weighted by atomic mass is 79.9. The number of benzene rings is 1. The van der Waals surface area contributed by atoms with E-state index in [9.17, 15) is 13.2 Å². The van der Waals surface area contributed by atoms with Crippen molar-refractivity contribution in [2.45, 2.75) is 0 Å². The van der Waals surface area contributed by atoms with Crippen LogP contribution < -0.4 is 10.0 Å². The summed E-state index contributed by atoms with van der Waals surface area (Å²) >= 11 is 3.28. The van der Waals surface area contributed by atoms with Gasteiger partial charge in [0, 0.05) is 28.8 Å². The van der Waals surface area contributed by atoms with Crippen LogP contribution in [0.25, 0.3) is 5.82 Å². The molecule has 0 aliphatic heterocycles. The molecule has 11 heteroatoms. The van der Waals surface area contributed by atoms with Gasteiger partial charge in [0.15, 0.2) is 5.82 Å². The zero-order chi connectivity index (χ0) is 18.7. The van der Waals surface area contributed by atoms with Crippen LogP contribution in [0.15, 0.2) is 53.7 Å². The summed E-state index contributed by atoms with van der Waals surface area (Å²) in [6.45, 7) is 0. The molecular weight excluding hydrogens is 424 g/mol. The van der Waals surface area contributed by atoms with E-state index in [0.29, 0.717) is 27.2 Å². The third kappa shape index (κ3) is 4.64. The number of amides is 1. The molecular formula is C15H13BrN6O3S. The highest BCUT2D eigenvalue weighted by Crippen LogP contribution is 2.24. The zero-order valence-electron chi connectivity index (χ0n) is 13.4. The number of hydrogen-bond acceptors (Lipinski definition) is 6. The fraction of sp³-hybridized carbons (Fsp3) is 0.0667. The quantitative estimate of drug-likeness (QED) is 0.631. The van der Waals surface area contributed by atoms with Crippen molar-refractivity contribution in [1.29, 1.82) is 0 Å². The molecule has 2 heterocycles. The number of nitrogens with one attached hydrogen (secondary N) is 2. The number of hydrogen-bond donors (Lipinski definition) is 2. The molecule has 0 aliphatic carbocycles. The lowest BCUT2D eigenvalue weighted by molar-refractivity contribution is 0.102. The molecule has 0 bridgehead atoms. The topological polar surface area (TPSA) is 119 Å². The maximum Gasteiger partial charge on any atom is 0.258 e. The van der Waals surface area contributed by atoms with E-state index in [1.807, 2.05) is 0 Å². The molecule has 0 radical (unpaired) electrons. The minimum Gasteiger partial charge on any atom is -0.322 e. The molecule has 2 N–H and O–H groups in total. The van der Waals surface area contributed by atoms with Crippen LogP contribution in [0, 0.1) is 0 Å². The van der Waals surface area contributed by atoms with Crippen molar-refractivity contribution in [2.24, 2.45) is 0 Å². The van der Waals surface area contributed by atoms with Gasteiger partial charge in [-0.1, -0.05) is 15.9 Å². The third-order valence-electron chi connectivity index (χ3n) is 3.09. The number of carbonyl (C=O) groups excluding carboxylic acids is 1. The predicted octanol–water partition coefficient (Wildman–Crippen LogP) is 2.05. The highest BCUT2D eigenvalue weighted by Gasteiger charge is 2.12. The first-order chi connectivity index (χ1) is 12.3. The fourth-order valence-electron chi connectivity index (χ4n) is 2.11. The number of nitrogens with zero attached hydrogens (tertiary/aromatic N) is 4. The molecule has 0 saturated heterocycles. The van der Waals surface area contributed by atoms with Crippen molar-refractivity contribution in [1.82, 2.24) is 19.7 Å². The molecule has 1 aromatic carbocycles. The first kappa shape index (κ1) is 18.0. The maximum absolute atomic E-state index is 12.4. The van der Waals surface area contributed by atoms with Crippen LogP contribution in [0.4, 0.5) is 11.4 Å². The lowest BCUT2D eigenvalue weighted by atomic mass is 10.2. The summed E-state index contributed by atoms with van der Waals surface area (Å²) in [4.78, 5) is 20.5. The number of rotatable bonds is 5. The summed E-state index contributed by atoms with van der Waals surface area (Å²) in [7, 11) is -3.43. The smallest absolute Gasteiger partial charge is 0.258 e. The van der Waals surface area contributed by atoms with Gasteiger partial charge in [0.1, 0.15) is 0 Å². The van der Waals surface area contributed by atoms with Crippen molar-refractivity contribution in [2.75, 3.05) is 16.3 Å². The SMILES string of the molecule is CS(=O)(=O)Nc1cc(Br)cc(NC(=O)c2cnn(-c3cnccn3)c2)c1. The first-order valence-electron chi connectivity index (χ1n) is 7.21. The second-order valence-corrected chi connectivity index (χ2v) is 7.96. The van der Waals surface area contributed by atoms with Crippen LogP contribution in [0.1, 0.15) is 10.4 Å². The van der Waals surface area contributed by atoms with E-state index in [1.54, 1.807) is 12.1 Å². The van der Waals surface area contributed by atoms with Crippen molar-refractivity contribution in [3.05, 3.63) is 59.2 Å². The largest absolute Gasteiger partial charge is 0.322 e. The van der Waals surface area contributed by atoms with E-state index in [0.717, 1.165) is 6.26 Å². The number of sulfonamides is 1. The molecule has 1 amide bonds. The Morgan fingerprint density at radius 2 is 1.92 bits per heavy atom. The van der Waals surface area contributed by atoms with E-state index in [2.05, 4.69) is 41.0 Å². The van der Waals surface area contributed by atoms with Crippen molar-refractivity contribution < 1.29 is 13.2 Å². The molecule has 0 saturated carbocycles. The summed E-state index contributed by atoms with van der Waals surface area (Å²) in [5, 5.41) is 6.78. The number of anilines is 2. The molecule has 0 atom stereocenters. The van der Waals surface area contributed by atoms with Gasteiger partial charge in [-0.25, -0.2) is 18.1 Å². The van der Waals surface area contributed by atoms with Gasteiger partial charge >= 0.3 is 0 Å². The summed E-state index contributed by atoms with van der Waals surface area (Å²) in [5.41, 5.74) is 1.06. The minimum absolute atomic E-state index is 0.313. The van der Waals surface area contributed by atoms with Crippen LogP contribution in [0.3, 0.4) is 0 Å². The second kappa shape index (κ2) is 7.22. The standard InChI is InChI=1S/C15H13BrN6O3S/c1-26(24,25)21-13-5-11(16)4-12(6-13)20-15(23)10-7-19-22(9-10)14-8-17-2-3-18-14/h2-9,21H,1H3,(H,20,23). The average molecular weight is 437 g/mol. The molecule has 26 heavy (non-hydrogen) atoms. The Labute approximate surface area is 157 Å². The van der Waals surface area contributed by atoms with Crippen LogP contribution in [-0.2, 0) is 10.0 Å². The summed E-state index contributed by atoms with van der Waals surface area (Å²) in [5.74, 6) is 0.0807. The average Bonchev–Trinajstić information content (AvgIpc) is 3.03. The van der Waals surface area contributed by atoms with E-state index in [1.165, 1.54) is 41.7 Å². The van der Waals surface area contributed by atoms with E-state index < -0.39 is 15.9 Å². The van der Waals surface area contributed by atoms with Gasteiger partial charge in [-0.15, -0.1) is 0 Å². The normalized spacial score (nSPS) is 11.2. The van der Waals surface area contributed by atoms with Crippen LogP contribution in [-0.4, -0.2) is 40.3 Å². The summed E-state index contributed by atoms with van der Waals surface area (Å²) < 4.78 is 27.1. The minimum atomic E-state index is -3.43. The molecule has 0 fully saturated rings. The van der Waals surface area contributed by atoms with Gasteiger partial charge in [-0.2, -0.15) is 5.10 Å². The summed E-state index contributed by atoms with van der Waals surface area (Å²) in [6, 6.07) is 4.75. The molecule has 2 aromatic heterocycles. The fourth-order valence-corrected chi connectivity index (χ4v) is 3.15. The molecule has 0 aliphatic rings. The van der Waals surface area contributed by atoms with E-state index in [4.69, 9.17) is 0 Å². The number of aromatic nitrogens is 4. The number of carbonyl (C=O) groups is 1. The van der Waals surface area contributed by atoms with Crippen molar-refractivity contribution in [3.63, 3.8) is 0 Å². The van der Waals surface area contributed by atoms with Gasteiger partial charge < -0.3 is 5.32 Å². The van der Waals surface area contributed by atoms with Gasteiger partial charge in [0.25, 0.3) is 5.91 Å². The van der Waals surface area contributed by atoms with Gasteiger partial charge in [-0.05, 0) is 18.2 Å². The Bertz CT molecular complexity index is 1050. The Balaban J connectivity index is 1.79. The lowest BCUT2D eigenvalue weighted by Crippen LogP contribution is -2.13. The van der Waals surface area contributed by atoms with Crippen LogP contribution in [0.2, 0.25) is 0 Å². The molecule has 0 spiro atoms. The molecule has 0 unspecified atom stereocenters. The highest BCUT2D eigenvalue weighted by molar-refractivity contribution is 9.10. The second-order valence-electron chi connectivity index (χ2n) is 5.29. The van der Waals surface area contributed by atoms with E-state index >= 15 is 0 Å². The first-order valence-corrected chi connectivity index (χ1v) is 9.89. The number of halogens is 1. The van der Waals surface area contributed by atoms with E-state index in [-0.39, 0.29) is 0 Å². The molecule has 3 aromatic rings.